The molecule has 0 saturated heterocycles. The van der Waals surface area contributed by atoms with Gasteiger partial charge in [-0.3, -0.25) is 0 Å². The molecule has 1 aliphatic carbocycles. The van der Waals surface area contributed by atoms with Crippen LogP contribution in [-0.2, 0) is 0 Å². The van der Waals surface area contributed by atoms with E-state index in [0.29, 0.717) is 0 Å². The quantitative estimate of drug-likeness (QED) is 0.160. The number of nitrogens with two attached hydrogens (primary N) is 1. The first-order chi connectivity index (χ1) is 23.2. The van der Waals surface area contributed by atoms with Gasteiger partial charge in [-0.15, -0.1) is 0 Å². The Labute approximate surface area is 273 Å². The molecule has 1 aliphatic rings. The first kappa shape index (κ1) is 26.1. The largest absolute Gasteiger partial charge is 0.399 e. The molecule has 1 nitrogen and oxygen atoms in total. The molecule has 9 aromatic carbocycles. The molecule has 0 unspecified atom stereocenters. The fourth-order valence-corrected chi connectivity index (χ4v) is 8.11. The molecule has 0 atom stereocenters. The van der Waals surface area contributed by atoms with Crippen LogP contribution in [0.1, 0.15) is 0 Å². The van der Waals surface area contributed by atoms with Gasteiger partial charge in [0.05, 0.1) is 0 Å². The summed E-state index contributed by atoms with van der Waals surface area (Å²) in [7, 11) is 0. The Balaban J connectivity index is 1.37. The predicted octanol–water partition coefficient (Wildman–Crippen LogP) is 12.5. The number of benzene rings is 9. The van der Waals surface area contributed by atoms with Crippen LogP contribution in [0.25, 0.3) is 98.7 Å². The van der Waals surface area contributed by atoms with Crippen LogP contribution in [0.4, 0.5) is 5.69 Å². The maximum absolute atomic E-state index is 6.30. The molecule has 9 aromatic rings. The lowest BCUT2D eigenvalue weighted by molar-refractivity contribution is 1.57. The highest BCUT2D eigenvalue weighted by Crippen LogP contribution is 2.57. The molecule has 0 saturated carbocycles. The van der Waals surface area contributed by atoms with Gasteiger partial charge < -0.3 is 5.73 Å². The Hall–Kier alpha value is -6.18. The first-order valence-electron chi connectivity index (χ1n) is 16.2. The van der Waals surface area contributed by atoms with E-state index in [2.05, 4.69) is 158 Å². The molecule has 0 fully saturated rings. The van der Waals surface area contributed by atoms with Gasteiger partial charge in [0.2, 0.25) is 0 Å². The highest BCUT2D eigenvalue weighted by Gasteiger charge is 2.30. The molecule has 2 N–H and O–H groups in total. The van der Waals surface area contributed by atoms with Crippen LogP contribution in [0.3, 0.4) is 0 Å². The van der Waals surface area contributed by atoms with Crippen LogP contribution in [0.5, 0.6) is 0 Å². The van der Waals surface area contributed by atoms with Gasteiger partial charge in [0.15, 0.2) is 0 Å². The summed E-state index contributed by atoms with van der Waals surface area (Å²) >= 11 is 0. The zero-order valence-corrected chi connectivity index (χ0v) is 25.7. The molecule has 0 spiro atoms. The summed E-state index contributed by atoms with van der Waals surface area (Å²) in [6.45, 7) is 0. The van der Waals surface area contributed by atoms with Gasteiger partial charge in [-0.25, -0.2) is 0 Å². The average molecular weight is 596 g/mol. The van der Waals surface area contributed by atoms with E-state index in [0.717, 1.165) is 5.69 Å². The lowest BCUT2D eigenvalue weighted by atomic mass is 9.81. The summed E-state index contributed by atoms with van der Waals surface area (Å²) in [5.41, 5.74) is 19.8. The summed E-state index contributed by atoms with van der Waals surface area (Å²) in [5.74, 6) is 0. The highest BCUT2D eigenvalue weighted by molar-refractivity contribution is 6.27. The molecule has 218 valence electrons. The van der Waals surface area contributed by atoms with E-state index in [1.165, 1.54) is 98.7 Å². The number of rotatable bonds is 3. The fourth-order valence-electron chi connectivity index (χ4n) is 8.11. The summed E-state index contributed by atoms with van der Waals surface area (Å²) in [4.78, 5) is 0. The van der Waals surface area contributed by atoms with E-state index in [1.54, 1.807) is 0 Å². The van der Waals surface area contributed by atoms with Gasteiger partial charge in [0, 0.05) is 5.69 Å². The topological polar surface area (TPSA) is 26.0 Å². The van der Waals surface area contributed by atoms with Crippen LogP contribution in [-0.4, -0.2) is 0 Å². The van der Waals surface area contributed by atoms with Crippen molar-refractivity contribution in [1.82, 2.24) is 0 Å². The van der Waals surface area contributed by atoms with Crippen LogP contribution >= 0.6 is 0 Å². The normalized spacial score (nSPS) is 11.9. The highest BCUT2D eigenvalue weighted by atomic mass is 14.5. The Kier molecular flexibility index (Phi) is 5.50. The van der Waals surface area contributed by atoms with Crippen LogP contribution in [0.2, 0.25) is 0 Å². The smallest absolute Gasteiger partial charge is 0.0320 e. The zero-order valence-electron chi connectivity index (χ0n) is 25.7. The lowest BCUT2D eigenvalue weighted by Crippen LogP contribution is -1.95. The molecule has 0 amide bonds. The van der Waals surface area contributed by atoms with E-state index < -0.39 is 0 Å². The second-order valence-corrected chi connectivity index (χ2v) is 12.6. The standard InChI is InChI=1S/C46H29N/c47-32-22-24-36-35-23-21-31(25-41(35)33-17-7-8-18-34(33)42(36)26-32)40-27-39(28-11-3-1-4-12-28)45-37-19-9-15-29-16-10-20-38(43(29)37)46(45)44(40)30-13-5-2-6-14-30/h1-27H,47H2. The Morgan fingerprint density at radius 2 is 0.851 bits per heavy atom. The number of hydrogen-bond acceptors (Lipinski definition) is 1. The van der Waals surface area contributed by atoms with Gasteiger partial charge in [-0.2, -0.15) is 0 Å². The summed E-state index contributed by atoms with van der Waals surface area (Å²) in [6.07, 6.45) is 0. The molecule has 0 radical (unpaired) electrons. The third-order valence-electron chi connectivity index (χ3n) is 10.1. The molecule has 10 rings (SSSR count). The molecule has 0 bridgehead atoms. The number of nitrogen functional groups attached to an aromatic ring is 1. The van der Waals surface area contributed by atoms with Crippen molar-refractivity contribution in [2.75, 3.05) is 5.73 Å². The molecular formula is C46H29N. The summed E-state index contributed by atoms with van der Waals surface area (Å²) < 4.78 is 0. The average Bonchev–Trinajstić information content (AvgIpc) is 3.47. The molecular weight excluding hydrogens is 567 g/mol. The number of anilines is 1. The maximum Gasteiger partial charge on any atom is 0.0320 e. The van der Waals surface area contributed by atoms with E-state index in [4.69, 9.17) is 5.73 Å². The van der Waals surface area contributed by atoms with Gasteiger partial charge in [-0.1, -0.05) is 140 Å². The lowest BCUT2D eigenvalue weighted by Gasteiger charge is -2.21. The van der Waals surface area contributed by atoms with Crippen LogP contribution < -0.4 is 5.73 Å². The monoisotopic (exact) mass is 595 g/mol. The van der Waals surface area contributed by atoms with Crippen molar-refractivity contribution < 1.29 is 0 Å². The second kappa shape index (κ2) is 9.91. The molecule has 0 aromatic heterocycles. The van der Waals surface area contributed by atoms with E-state index >= 15 is 0 Å². The third-order valence-corrected chi connectivity index (χ3v) is 10.1. The Morgan fingerprint density at radius 3 is 1.55 bits per heavy atom. The summed E-state index contributed by atoms with van der Waals surface area (Å²) in [6, 6.07) is 59.9. The minimum atomic E-state index is 0.786. The van der Waals surface area contributed by atoms with Crippen molar-refractivity contribution in [1.29, 1.82) is 0 Å². The van der Waals surface area contributed by atoms with Gasteiger partial charge in [0.1, 0.15) is 0 Å². The third kappa shape index (κ3) is 3.78. The van der Waals surface area contributed by atoms with Gasteiger partial charge >= 0.3 is 0 Å². The van der Waals surface area contributed by atoms with Crippen LogP contribution in [0, 0.1) is 0 Å². The number of fused-ring (bicyclic) bond motifs is 9. The van der Waals surface area contributed by atoms with Crippen molar-refractivity contribution in [2.45, 2.75) is 0 Å². The Bertz CT molecular complexity index is 2700. The van der Waals surface area contributed by atoms with Gasteiger partial charge in [0.25, 0.3) is 0 Å². The van der Waals surface area contributed by atoms with E-state index in [9.17, 15) is 0 Å². The van der Waals surface area contributed by atoms with Crippen molar-refractivity contribution in [3.8, 4) is 55.6 Å². The predicted molar refractivity (Wildman–Crippen MR) is 202 cm³/mol. The molecule has 1 heteroatoms. The maximum atomic E-state index is 6.30. The van der Waals surface area contributed by atoms with Crippen molar-refractivity contribution >= 4 is 48.8 Å². The SMILES string of the molecule is Nc1ccc2c3ccc(-c4cc(-c5ccccc5)c5c(c4-c4ccccc4)-c4cccc6cccc-5c46)cc3c3ccccc3c2c1. The van der Waals surface area contributed by atoms with E-state index in [-0.39, 0.29) is 0 Å². The second-order valence-electron chi connectivity index (χ2n) is 12.6. The molecule has 0 heterocycles. The minimum Gasteiger partial charge on any atom is -0.399 e. The Morgan fingerprint density at radius 1 is 0.298 bits per heavy atom. The van der Waals surface area contributed by atoms with Crippen molar-refractivity contribution in [3.05, 3.63) is 164 Å². The van der Waals surface area contributed by atoms with Gasteiger partial charge in [-0.05, 0) is 123 Å². The first-order valence-corrected chi connectivity index (χ1v) is 16.2. The molecule has 47 heavy (non-hydrogen) atoms. The summed E-state index contributed by atoms with van der Waals surface area (Å²) in [5, 5.41) is 10.00. The van der Waals surface area contributed by atoms with E-state index in [1.807, 2.05) is 6.07 Å². The fraction of sp³-hybridized carbons (Fsp3) is 0. The van der Waals surface area contributed by atoms with Crippen molar-refractivity contribution in [2.24, 2.45) is 0 Å². The zero-order chi connectivity index (χ0) is 31.1. The number of hydrogen-bond donors (Lipinski definition) is 1. The van der Waals surface area contributed by atoms with Crippen LogP contribution in [0.15, 0.2) is 164 Å². The molecule has 0 aliphatic heterocycles. The minimum absolute atomic E-state index is 0.786. The van der Waals surface area contributed by atoms with Crippen molar-refractivity contribution in [3.63, 3.8) is 0 Å².